The molecule has 1 aliphatic heterocycles. The molecule has 3 aromatic rings. The van der Waals surface area contributed by atoms with Crippen LogP contribution in [-0.4, -0.2) is 39.6 Å². The van der Waals surface area contributed by atoms with Crippen LogP contribution in [0.4, 0.5) is 4.79 Å². The number of carbonyl (C=O) groups excluding carboxylic acids is 1. The molecule has 1 aliphatic rings. The second-order valence-corrected chi connectivity index (χ2v) is 9.63. The second-order valence-electron chi connectivity index (χ2n) is 8.65. The Morgan fingerprint density at radius 1 is 1.08 bits per heavy atom. The van der Waals surface area contributed by atoms with Crippen molar-refractivity contribution in [1.82, 2.24) is 15.3 Å². The van der Waals surface area contributed by atoms with Crippen LogP contribution in [-0.2, 0) is 27.4 Å². The second kappa shape index (κ2) is 13.3. The van der Waals surface area contributed by atoms with E-state index >= 15 is 0 Å². The molecule has 4 atom stereocenters. The molecule has 0 bridgehead atoms. The Morgan fingerprint density at radius 3 is 2.43 bits per heavy atom. The predicted octanol–water partition coefficient (Wildman–Crippen LogP) is 4.96. The van der Waals surface area contributed by atoms with Crippen LogP contribution in [0.3, 0.4) is 0 Å². The number of amides is 1. The van der Waals surface area contributed by atoms with Crippen molar-refractivity contribution >= 4 is 17.9 Å². The number of nitrogens with zero attached hydrogens (tertiary/aromatic N) is 2. The lowest BCUT2D eigenvalue weighted by Crippen LogP contribution is -2.38. The number of hydrogen-bond donors (Lipinski definition) is 2. The number of aliphatic hydroxyl groups excluding tert-OH is 1. The number of hydrogen-bond acceptors (Lipinski definition) is 8. The molecule has 2 heterocycles. The summed E-state index contributed by atoms with van der Waals surface area (Å²) in [6, 6.07) is 17.4. The molecule has 1 amide bonds. The van der Waals surface area contributed by atoms with E-state index in [1.54, 1.807) is 30.2 Å². The first-order chi connectivity index (χ1) is 18.1. The van der Waals surface area contributed by atoms with Crippen LogP contribution >= 0.6 is 11.8 Å². The number of benzene rings is 2. The highest BCUT2D eigenvalue weighted by molar-refractivity contribution is 7.99. The molecule has 194 valence electrons. The van der Waals surface area contributed by atoms with Crippen LogP contribution in [0.15, 0.2) is 84.8 Å². The van der Waals surface area contributed by atoms with Crippen LogP contribution < -0.4 is 5.32 Å². The largest absolute Gasteiger partial charge is 0.445 e. The topological polar surface area (TPSA) is 103 Å². The van der Waals surface area contributed by atoms with Gasteiger partial charge in [-0.2, -0.15) is 0 Å². The minimum Gasteiger partial charge on any atom is -0.445 e. The summed E-state index contributed by atoms with van der Waals surface area (Å²) < 4.78 is 17.9. The third-order valence-corrected chi connectivity index (χ3v) is 7.03. The highest BCUT2D eigenvalue weighted by Crippen LogP contribution is 2.42. The van der Waals surface area contributed by atoms with E-state index in [9.17, 15) is 9.90 Å². The maximum absolute atomic E-state index is 11.7. The summed E-state index contributed by atoms with van der Waals surface area (Å²) >= 11 is 1.55. The van der Waals surface area contributed by atoms with Gasteiger partial charge < -0.3 is 24.6 Å². The highest BCUT2D eigenvalue weighted by Gasteiger charge is 2.38. The Morgan fingerprint density at radius 2 is 1.76 bits per heavy atom. The molecule has 1 fully saturated rings. The summed E-state index contributed by atoms with van der Waals surface area (Å²) in [5.74, 6) is 0.739. The van der Waals surface area contributed by atoms with Crippen molar-refractivity contribution in [3.05, 3.63) is 102 Å². The molecule has 0 spiro atoms. The Hall–Kier alpha value is -3.24. The van der Waals surface area contributed by atoms with Gasteiger partial charge in [-0.3, -0.25) is 0 Å². The summed E-state index contributed by atoms with van der Waals surface area (Å²) in [6.07, 6.45) is 3.61. The van der Waals surface area contributed by atoms with Crippen molar-refractivity contribution in [2.75, 3.05) is 12.4 Å². The van der Waals surface area contributed by atoms with Gasteiger partial charge in [0.15, 0.2) is 11.4 Å². The van der Waals surface area contributed by atoms with E-state index in [0.29, 0.717) is 17.5 Å². The summed E-state index contributed by atoms with van der Waals surface area (Å²) in [6.45, 7) is 6.16. The molecule has 4 unspecified atom stereocenters. The molecule has 0 saturated carbocycles. The zero-order valence-corrected chi connectivity index (χ0v) is 21.5. The standard InChI is InChI=1S/C28H31N3O5S/c1-3-15-34-28(33)31-16-20-5-11-23(12-6-20)26-35-24(18-37-27-29-13-4-14-30-27)19(2)25(36-26)22-9-7-21(17-32)8-10-22/h3-14,19,24-26,32H,1,15-18H2,2H3,(H,31,33). The van der Waals surface area contributed by atoms with Crippen LogP contribution in [0.25, 0.3) is 0 Å². The van der Waals surface area contributed by atoms with E-state index in [1.807, 2.05) is 48.5 Å². The van der Waals surface area contributed by atoms with Crippen molar-refractivity contribution < 1.29 is 24.1 Å². The summed E-state index contributed by atoms with van der Waals surface area (Å²) in [5, 5.41) is 12.8. The Balaban J connectivity index is 1.48. The Kier molecular flexibility index (Phi) is 9.67. The van der Waals surface area contributed by atoms with E-state index in [2.05, 4.69) is 28.8 Å². The zero-order chi connectivity index (χ0) is 26.0. The van der Waals surface area contributed by atoms with Gasteiger partial charge >= 0.3 is 6.09 Å². The number of aliphatic hydroxyl groups is 1. The maximum atomic E-state index is 11.7. The van der Waals surface area contributed by atoms with Gasteiger partial charge in [-0.05, 0) is 22.8 Å². The monoisotopic (exact) mass is 521 g/mol. The van der Waals surface area contributed by atoms with Crippen LogP contribution in [0.1, 0.15) is 41.6 Å². The summed E-state index contributed by atoms with van der Waals surface area (Å²) in [4.78, 5) is 20.3. The average molecular weight is 522 g/mol. The maximum Gasteiger partial charge on any atom is 0.407 e. The van der Waals surface area contributed by atoms with Gasteiger partial charge in [-0.15, -0.1) is 0 Å². The molecule has 9 heteroatoms. The summed E-state index contributed by atoms with van der Waals surface area (Å²) in [5.41, 5.74) is 3.69. The lowest BCUT2D eigenvalue weighted by atomic mass is 9.91. The molecule has 1 saturated heterocycles. The van der Waals surface area contributed by atoms with Gasteiger partial charge in [0.2, 0.25) is 0 Å². The van der Waals surface area contributed by atoms with Gasteiger partial charge in [0, 0.05) is 36.2 Å². The van der Waals surface area contributed by atoms with E-state index < -0.39 is 12.4 Å². The van der Waals surface area contributed by atoms with Crippen molar-refractivity contribution in [1.29, 1.82) is 0 Å². The van der Waals surface area contributed by atoms with E-state index in [0.717, 1.165) is 22.3 Å². The van der Waals surface area contributed by atoms with E-state index in [1.165, 1.54) is 6.08 Å². The van der Waals surface area contributed by atoms with Gasteiger partial charge in [-0.25, -0.2) is 14.8 Å². The first-order valence-corrected chi connectivity index (χ1v) is 13.1. The third-order valence-electron chi connectivity index (χ3n) is 6.06. The number of carbonyl (C=O) groups is 1. The number of thioether (sulfide) groups is 1. The normalized spacial score (nSPS) is 21.2. The molecule has 0 aliphatic carbocycles. The fourth-order valence-electron chi connectivity index (χ4n) is 3.98. The molecule has 4 rings (SSSR count). The van der Waals surface area contributed by atoms with Gasteiger partial charge in [0.05, 0.1) is 18.8 Å². The molecular formula is C28H31N3O5S. The predicted molar refractivity (Wildman–Crippen MR) is 141 cm³/mol. The Bertz CT molecular complexity index is 1140. The first-order valence-electron chi connectivity index (χ1n) is 12.1. The number of aromatic nitrogens is 2. The number of ether oxygens (including phenoxy) is 3. The van der Waals surface area contributed by atoms with Gasteiger partial charge in [0.25, 0.3) is 0 Å². The van der Waals surface area contributed by atoms with Crippen LogP contribution in [0.5, 0.6) is 0 Å². The minimum absolute atomic E-state index is 0.00336. The summed E-state index contributed by atoms with van der Waals surface area (Å²) in [7, 11) is 0. The molecule has 8 nitrogen and oxygen atoms in total. The lowest BCUT2D eigenvalue weighted by Gasteiger charge is -2.41. The molecule has 0 radical (unpaired) electrons. The zero-order valence-electron chi connectivity index (χ0n) is 20.7. The Labute approximate surface area is 221 Å². The fourth-order valence-corrected chi connectivity index (χ4v) is 4.95. The molecule has 1 aromatic heterocycles. The van der Waals surface area contributed by atoms with Crippen molar-refractivity contribution in [2.45, 2.75) is 43.7 Å². The molecule has 37 heavy (non-hydrogen) atoms. The highest BCUT2D eigenvalue weighted by atomic mass is 32.2. The van der Waals surface area contributed by atoms with Crippen molar-refractivity contribution in [3.8, 4) is 0 Å². The fraction of sp³-hybridized carbons (Fsp3) is 0.321. The first kappa shape index (κ1) is 26.8. The quantitative estimate of drug-likeness (QED) is 0.219. The third kappa shape index (κ3) is 7.39. The van der Waals surface area contributed by atoms with Gasteiger partial charge in [-0.1, -0.05) is 79.9 Å². The minimum atomic E-state index is -0.569. The van der Waals surface area contributed by atoms with E-state index in [4.69, 9.17) is 14.2 Å². The van der Waals surface area contributed by atoms with E-state index in [-0.39, 0.29) is 31.3 Å². The number of rotatable bonds is 10. The molecular weight excluding hydrogens is 490 g/mol. The lowest BCUT2D eigenvalue weighted by molar-refractivity contribution is -0.268. The van der Waals surface area contributed by atoms with Crippen molar-refractivity contribution in [2.24, 2.45) is 5.92 Å². The van der Waals surface area contributed by atoms with Gasteiger partial charge in [0.1, 0.15) is 6.61 Å². The number of nitrogens with one attached hydrogen (secondary N) is 1. The van der Waals surface area contributed by atoms with Crippen LogP contribution in [0, 0.1) is 5.92 Å². The average Bonchev–Trinajstić information content (AvgIpc) is 2.95. The van der Waals surface area contributed by atoms with Crippen LogP contribution in [0.2, 0.25) is 0 Å². The smallest absolute Gasteiger partial charge is 0.407 e. The molecule has 2 aromatic carbocycles. The van der Waals surface area contributed by atoms with Crippen molar-refractivity contribution in [3.63, 3.8) is 0 Å². The number of alkyl carbamates (subject to hydrolysis) is 1. The molecule has 2 N–H and O–H groups in total. The SMILES string of the molecule is C=CCOC(=O)NCc1ccc(C2OC(CSc3ncccn3)C(C)C(c3ccc(CO)cc3)O2)cc1.